The fraction of sp³-hybridized carbons (Fsp3) is 0.161. The summed E-state index contributed by atoms with van der Waals surface area (Å²) in [6, 6.07) is 31.6. The number of esters is 2. The van der Waals surface area contributed by atoms with Crippen LogP contribution in [-0.4, -0.2) is 45.3 Å². The zero-order valence-corrected chi connectivity index (χ0v) is 24.2. The van der Waals surface area contributed by atoms with Gasteiger partial charge in [0.1, 0.15) is 0 Å². The van der Waals surface area contributed by atoms with Crippen molar-refractivity contribution in [2.24, 2.45) is 0 Å². The molecule has 0 aliphatic rings. The van der Waals surface area contributed by atoms with Crippen LogP contribution in [0.3, 0.4) is 0 Å². The second kappa shape index (κ2) is 14.5. The van der Waals surface area contributed by atoms with E-state index in [1.165, 1.54) is 42.5 Å². The molecule has 9 heteroatoms. The van der Waals surface area contributed by atoms with Gasteiger partial charge >= 0.3 is 11.9 Å². The van der Waals surface area contributed by atoms with Crippen LogP contribution in [0.4, 0.5) is 0 Å². The zero-order valence-electron chi connectivity index (χ0n) is 22.5. The summed E-state index contributed by atoms with van der Waals surface area (Å²) in [5.41, 5.74) is 3.32. The molecular formula is C31H31O7PS. The standard InChI is InChI=1S/C24H23O4P.C7H8O3S/c1-27-23(25)19-8-12-21(13-9-19)29(17-16-18-6-4-3-5-7-18)22-14-10-20(11-15-22)24(26)28-2;1-6-2-4-7(5-3-6)11(8,9)10/h3-15H,16-17H2,1-2H3;2-5H,1H3,(H,8,9,10). The first kappa shape index (κ1) is 30.7. The lowest BCUT2D eigenvalue weighted by atomic mass is 10.2. The number of benzene rings is 4. The van der Waals surface area contributed by atoms with Crippen molar-refractivity contribution in [3.05, 3.63) is 125 Å². The van der Waals surface area contributed by atoms with Gasteiger partial charge in [0, 0.05) is 0 Å². The first-order valence-corrected chi connectivity index (χ1v) is 15.3. The van der Waals surface area contributed by atoms with Crippen molar-refractivity contribution in [3.8, 4) is 0 Å². The lowest BCUT2D eigenvalue weighted by Gasteiger charge is -2.19. The van der Waals surface area contributed by atoms with Gasteiger partial charge < -0.3 is 9.47 Å². The van der Waals surface area contributed by atoms with Gasteiger partial charge in [0.25, 0.3) is 10.1 Å². The molecule has 4 aromatic rings. The minimum atomic E-state index is -4.02. The van der Waals surface area contributed by atoms with E-state index < -0.39 is 18.0 Å². The third-order valence-corrected chi connectivity index (χ3v) is 9.37. The number of rotatable bonds is 8. The van der Waals surface area contributed by atoms with Crippen LogP contribution < -0.4 is 10.6 Å². The summed E-state index contributed by atoms with van der Waals surface area (Å²) in [6.45, 7) is 1.84. The molecule has 0 heterocycles. The van der Waals surface area contributed by atoms with Crippen LogP contribution in [0, 0.1) is 6.92 Å². The number of ether oxygens (including phenoxy) is 2. The molecule has 0 bridgehead atoms. The number of carbonyl (C=O) groups excluding carboxylic acids is 2. The molecule has 0 radical (unpaired) electrons. The van der Waals surface area contributed by atoms with E-state index in [1.54, 1.807) is 12.1 Å². The maximum atomic E-state index is 11.7. The summed E-state index contributed by atoms with van der Waals surface area (Å²) in [7, 11) is -1.91. The topological polar surface area (TPSA) is 107 Å². The van der Waals surface area contributed by atoms with Gasteiger partial charge in [0.15, 0.2) is 0 Å². The minimum Gasteiger partial charge on any atom is -0.465 e. The van der Waals surface area contributed by atoms with Crippen LogP contribution in [0.15, 0.2) is 108 Å². The Kier molecular flexibility index (Phi) is 11.1. The molecule has 0 amide bonds. The van der Waals surface area contributed by atoms with E-state index in [9.17, 15) is 18.0 Å². The Labute approximate surface area is 236 Å². The van der Waals surface area contributed by atoms with Crippen molar-refractivity contribution in [1.82, 2.24) is 0 Å². The predicted molar refractivity (Wildman–Crippen MR) is 158 cm³/mol. The summed E-state index contributed by atoms with van der Waals surface area (Å²) < 4.78 is 39.1. The SMILES string of the molecule is COC(=O)c1ccc(P(CCc2ccccc2)c2ccc(C(=O)OC)cc2)cc1.Cc1ccc(S(=O)(=O)O)cc1. The lowest BCUT2D eigenvalue weighted by molar-refractivity contribution is 0.0592. The average Bonchev–Trinajstić information content (AvgIpc) is 2.97. The van der Waals surface area contributed by atoms with Crippen molar-refractivity contribution in [3.63, 3.8) is 0 Å². The van der Waals surface area contributed by atoms with E-state index in [1.807, 2.05) is 73.7 Å². The quantitative estimate of drug-likeness (QED) is 0.175. The van der Waals surface area contributed by atoms with Crippen molar-refractivity contribution in [2.75, 3.05) is 20.4 Å². The molecule has 1 N–H and O–H groups in total. The van der Waals surface area contributed by atoms with Gasteiger partial charge in [-0.3, -0.25) is 4.55 Å². The van der Waals surface area contributed by atoms with Crippen molar-refractivity contribution < 1.29 is 32.0 Å². The molecule has 0 spiro atoms. The first-order valence-electron chi connectivity index (χ1n) is 12.3. The zero-order chi connectivity index (χ0) is 29.1. The Bertz CT molecular complexity index is 1440. The largest absolute Gasteiger partial charge is 0.465 e. The smallest absolute Gasteiger partial charge is 0.337 e. The molecule has 208 valence electrons. The molecule has 0 fully saturated rings. The fourth-order valence-corrected chi connectivity index (χ4v) is 6.59. The number of hydrogen-bond donors (Lipinski definition) is 1. The average molecular weight is 579 g/mol. The number of carbonyl (C=O) groups is 2. The van der Waals surface area contributed by atoms with E-state index in [2.05, 4.69) is 12.1 Å². The van der Waals surface area contributed by atoms with Crippen LogP contribution >= 0.6 is 7.92 Å². The highest BCUT2D eigenvalue weighted by molar-refractivity contribution is 7.85. The maximum Gasteiger partial charge on any atom is 0.337 e. The molecule has 4 aromatic carbocycles. The van der Waals surface area contributed by atoms with Gasteiger partial charge in [0.2, 0.25) is 0 Å². The highest BCUT2D eigenvalue weighted by atomic mass is 32.2. The van der Waals surface area contributed by atoms with Crippen molar-refractivity contribution >= 4 is 40.6 Å². The number of hydrogen-bond acceptors (Lipinski definition) is 6. The molecule has 0 saturated carbocycles. The summed E-state index contributed by atoms with van der Waals surface area (Å²) in [5, 5.41) is 2.35. The normalized spacial score (nSPS) is 10.8. The summed E-state index contributed by atoms with van der Waals surface area (Å²) in [5.74, 6) is -0.680. The van der Waals surface area contributed by atoms with Crippen molar-refractivity contribution in [1.29, 1.82) is 0 Å². The van der Waals surface area contributed by atoms with Crippen LogP contribution in [0.2, 0.25) is 0 Å². The number of aryl methyl sites for hydroxylation is 2. The second-order valence-electron chi connectivity index (χ2n) is 8.75. The van der Waals surface area contributed by atoms with Gasteiger partial charge in [-0.1, -0.05) is 72.3 Å². The van der Waals surface area contributed by atoms with E-state index in [0.717, 1.165) is 18.1 Å². The highest BCUT2D eigenvalue weighted by Crippen LogP contribution is 2.34. The molecule has 4 rings (SSSR count). The molecule has 0 saturated heterocycles. The minimum absolute atomic E-state index is 0.0666. The van der Waals surface area contributed by atoms with Gasteiger partial charge in [0.05, 0.1) is 30.2 Å². The fourth-order valence-electron chi connectivity index (χ4n) is 3.79. The Balaban J connectivity index is 0.000000336. The van der Waals surface area contributed by atoms with E-state index in [0.29, 0.717) is 11.1 Å². The highest BCUT2D eigenvalue weighted by Gasteiger charge is 2.16. The molecular weight excluding hydrogens is 547 g/mol. The third kappa shape index (κ3) is 8.85. The summed E-state index contributed by atoms with van der Waals surface area (Å²) in [6.07, 6.45) is 1.92. The van der Waals surface area contributed by atoms with Crippen LogP contribution in [-0.2, 0) is 26.0 Å². The van der Waals surface area contributed by atoms with Gasteiger partial charge in [-0.15, -0.1) is 0 Å². The van der Waals surface area contributed by atoms with E-state index in [-0.39, 0.29) is 16.8 Å². The van der Waals surface area contributed by atoms with Crippen LogP contribution in [0.1, 0.15) is 31.8 Å². The van der Waals surface area contributed by atoms with Gasteiger partial charge in [-0.25, -0.2) is 9.59 Å². The Morgan fingerprint density at radius 1 is 0.700 bits per heavy atom. The van der Waals surface area contributed by atoms with Crippen LogP contribution in [0.25, 0.3) is 0 Å². The van der Waals surface area contributed by atoms with Crippen LogP contribution in [0.5, 0.6) is 0 Å². The first-order chi connectivity index (χ1) is 19.1. The molecule has 0 unspecified atom stereocenters. The monoisotopic (exact) mass is 578 g/mol. The van der Waals surface area contributed by atoms with Gasteiger partial charge in [-0.2, -0.15) is 8.42 Å². The molecule has 0 aliphatic carbocycles. The Hall–Kier alpha value is -3.84. The molecule has 0 aliphatic heterocycles. The van der Waals surface area contributed by atoms with Gasteiger partial charge in [-0.05, 0) is 80.0 Å². The predicted octanol–water partition coefficient (Wildman–Crippen LogP) is 5.18. The molecule has 40 heavy (non-hydrogen) atoms. The van der Waals surface area contributed by atoms with E-state index >= 15 is 0 Å². The molecule has 0 atom stereocenters. The van der Waals surface area contributed by atoms with E-state index in [4.69, 9.17) is 14.0 Å². The Morgan fingerprint density at radius 3 is 1.55 bits per heavy atom. The van der Waals surface area contributed by atoms with Crippen molar-refractivity contribution in [2.45, 2.75) is 18.2 Å². The summed E-state index contributed by atoms with van der Waals surface area (Å²) in [4.78, 5) is 23.4. The molecule has 7 nitrogen and oxygen atoms in total. The summed E-state index contributed by atoms with van der Waals surface area (Å²) >= 11 is 0. The third-order valence-electron chi connectivity index (χ3n) is 5.99. The second-order valence-corrected chi connectivity index (χ2v) is 12.5. The maximum absolute atomic E-state index is 11.7. The Morgan fingerprint density at radius 2 is 1.15 bits per heavy atom. The number of methoxy groups -OCH3 is 2. The molecule has 0 aromatic heterocycles. The lowest BCUT2D eigenvalue weighted by Crippen LogP contribution is -2.16.